The highest BCUT2D eigenvalue weighted by Crippen LogP contribution is 2.25. The van der Waals surface area contributed by atoms with E-state index in [0.717, 1.165) is 16.0 Å². The van der Waals surface area contributed by atoms with Crippen molar-refractivity contribution in [3.05, 3.63) is 83.3 Å². The standard InChI is InChI=1S/C23H24N2O3S/c1-16-10-11-17(2)21(13-16)29-15-22(26)25(3)20-9-5-4-8-19(20)23(27)24-14-18-7-6-12-28-18/h4-13H,14-15H2,1-3H3,(H,24,27). The molecule has 0 spiro atoms. The Morgan fingerprint density at radius 1 is 1.07 bits per heavy atom. The second-order valence-corrected chi connectivity index (χ2v) is 7.81. The number of carbonyl (C=O) groups is 2. The van der Waals surface area contributed by atoms with Gasteiger partial charge in [0.25, 0.3) is 5.91 Å². The van der Waals surface area contributed by atoms with Gasteiger partial charge in [0.1, 0.15) is 5.76 Å². The third kappa shape index (κ3) is 5.29. The smallest absolute Gasteiger partial charge is 0.253 e. The molecule has 29 heavy (non-hydrogen) atoms. The molecule has 3 aromatic rings. The van der Waals surface area contributed by atoms with Crippen LogP contribution in [0.2, 0.25) is 0 Å². The molecule has 0 fully saturated rings. The molecule has 0 saturated carbocycles. The van der Waals surface area contributed by atoms with Gasteiger partial charge >= 0.3 is 0 Å². The largest absolute Gasteiger partial charge is 0.467 e. The highest BCUT2D eigenvalue weighted by molar-refractivity contribution is 8.00. The molecule has 3 rings (SSSR count). The number of thioether (sulfide) groups is 1. The zero-order chi connectivity index (χ0) is 20.8. The predicted molar refractivity (Wildman–Crippen MR) is 116 cm³/mol. The first-order chi connectivity index (χ1) is 14.0. The number of carbonyl (C=O) groups excluding carboxylic acids is 2. The van der Waals surface area contributed by atoms with Crippen LogP contribution in [0, 0.1) is 13.8 Å². The van der Waals surface area contributed by atoms with E-state index in [2.05, 4.69) is 23.5 Å². The lowest BCUT2D eigenvalue weighted by Gasteiger charge is -2.20. The molecular formula is C23H24N2O3S. The minimum Gasteiger partial charge on any atom is -0.467 e. The van der Waals surface area contributed by atoms with Crippen molar-refractivity contribution < 1.29 is 14.0 Å². The van der Waals surface area contributed by atoms with Crippen LogP contribution in [0.4, 0.5) is 5.69 Å². The molecule has 150 valence electrons. The third-order valence-electron chi connectivity index (χ3n) is 4.58. The monoisotopic (exact) mass is 408 g/mol. The first-order valence-corrected chi connectivity index (χ1v) is 10.3. The number of para-hydroxylation sites is 1. The van der Waals surface area contributed by atoms with E-state index < -0.39 is 0 Å². The average Bonchev–Trinajstić information content (AvgIpc) is 3.25. The average molecular weight is 409 g/mol. The van der Waals surface area contributed by atoms with Gasteiger partial charge in [-0.25, -0.2) is 0 Å². The molecule has 5 nitrogen and oxygen atoms in total. The van der Waals surface area contributed by atoms with Crippen molar-refractivity contribution in [2.24, 2.45) is 0 Å². The number of hydrogen-bond donors (Lipinski definition) is 1. The fourth-order valence-electron chi connectivity index (χ4n) is 2.87. The number of furan rings is 1. The van der Waals surface area contributed by atoms with Crippen LogP contribution in [0.3, 0.4) is 0 Å². The maximum Gasteiger partial charge on any atom is 0.253 e. The van der Waals surface area contributed by atoms with Crippen molar-refractivity contribution in [2.45, 2.75) is 25.3 Å². The Bertz CT molecular complexity index is 999. The van der Waals surface area contributed by atoms with Gasteiger partial charge < -0.3 is 14.6 Å². The van der Waals surface area contributed by atoms with E-state index in [1.807, 2.05) is 19.9 Å². The Kier molecular flexibility index (Phi) is 6.77. The van der Waals surface area contributed by atoms with Crippen molar-refractivity contribution in [3.8, 4) is 0 Å². The lowest BCUT2D eigenvalue weighted by molar-refractivity contribution is -0.115. The maximum atomic E-state index is 12.8. The summed E-state index contributed by atoms with van der Waals surface area (Å²) in [7, 11) is 1.70. The Morgan fingerprint density at radius 2 is 1.86 bits per heavy atom. The fraction of sp³-hybridized carbons (Fsp3) is 0.217. The van der Waals surface area contributed by atoms with Gasteiger partial charge in [-0.1, -0.05) is 29.8 Å². The summed E-state index contributed by atoms with van der Waals surface area (Å²) >= 11 is 1.51. The SMILES string of the molecule is Cc1ccc(C)c(SCC(=O)N(C)c2ccccc2C(=O)NCc2ccco2)c1. The highest BCUT2D eigenvalue weighted by atomic mass is 32.2. The van der Waals surface area contributed by atoms with Crippen LogP contribution in [0.25, 0.3) is 0 Å². The molecule has 0 unspecified atom stereocenters. The number of anilines is 1. The van der Waals surface area contributed by atoms with Gasteiger partial charge in [-0.3, -0.25) is 9.59 Å². The van der Waals surface area contributed by atoms with Crippen molar-refractivity contribution in [1.82, 2.24) is 5.32 Å². The van der Waals surface area contributed by atoms with E-state index in [9.17, 15) is 9.59 Å². The summed E-state index contributed by atoms with van der Waals surface area (Å²) in [4.78, 5) is 28.1. The summed E-state index contributed by atoms with van der Waals surface area (Å²) in [5.41, 5.74) is 3.34. The van der Waals surface area contributed by atoms with E-state index in [1.54, 1.807) is 48.5 Å². The van der Waals surface area contributed by atoms with Gasteiger partial charge in [0.15, 0.2) is 0 Å². The number of amides is 2. The summed E-state index contributed by atoms with van der Waals surface area (Å²) in [6.07, 6.45) is 1.56. The van der Waals surface area contributed by atoms with Crippen molar-refractivity contribution in [1.29, 1.82) is 0 Å². The van der Waals surface area contributed by atoms with Crippen molar-refractivity contribution in [2.75, 3.05) is 17.7 Å². The van der Waals surface area contributed by atoms with Gasteiger partial charge in [-0.2, -0.15) is 0 Å². The van der Waals surface area contributed by atoms with Crippen LogP contribution in [0.1, 0.15) is 27.2 Å². The molecule has 0 aliphatic carbocycles. The van der Waals surface area contributed by atoms with Crippen LogP contribution in [0.5, 0.6) is 0 Å². The number of nitrogens with one attached hydrogen (secondary N) is 1. The van der Waals surface area contributed by atoms with Gasteiger partial charge in [-0.05, 0) is 49.7 Å². The number of rotatable bonds is 7. The molecule has 0 radical (unpaired) electrons. The Balaban J connectivity index is 1.68. The number of aryl methyl sites for hydroxylation is 2. The zero-order valence-corrected chi connectivity index (χ0v) is 17.6. The first-order valence-electron chi connectivity index (χ1n) is 9.32. The topological polar surface area (TPSA) is 62.6 Å². The van der Waals surface area contributed by atoms with Gasteiger partial charge in [0.2, 0.25) is 5.91 Å². The van der Waals surface area contributed by atoms with E-state index in [4.69, 9.17) is 4.42 Å². The zero-order valence-electron chi connectivity index (χ0n) is 16.8. The molecule has 0 atom stereocenters. The van der Waals surface area contributed by atoms with Crippen LogP contribution in [0.15, 0.2) is 70.2 Å². The maximum absolute atomic E-state index is 12.8. The van der Waals surface area contributed by atoms with Crippen LogP contribution < -0.4 is 10.2 Å². The second kappa shape index (κ2) is 9.47. The van der Waals surface area contributed by atoms with Crippen LogP contribution in [-0.2, 0) is 11.3 Å². The molecule has 2 aromatic carbocycles. The molecule has 2 amide bonds. The lowest BCUT2D eigenvalue weighted by Crippen LogP contribution is -2.31. The summed E-state index contributed by atoms with van der Waals surface area (Å²) in [5, 5.41) is 2.83. The van der Waals surface area contributed by atoms with Gasteiger partial charge in [-0.15, -0.1) is 11.8 Å². The van der Waals surface area contributed by atoms with Crippen LogP contribution >= 0.6 is 11.8 Å². The second-order valence-electron chi connectivity index (χ2n) is 6.79. The Labute approximate surface area is 175 Å². The van der Waals surface area contributed by atoms with E-state index in [-0.39, 0.29) is 11.8 Å². The fourth-order valence-corrected chi connectivity index (χ4v) is 3.90. The normalized spacial score (nSPS) is 10.6. The molecule has 0 bridgehead atoms. The van der Waals surface area contributed by atoms with Crippen LogP contribution in [-0.4, -0.2) is 24.6 Å². The summed E-state index contributed by atoms with van der Waals surface area (Å²) in [6, 6.07) is 16.9. The van der Waals surface area contributed by atoms with Gasteiger partial charge in [0, 0.05) is 11.9 Å². The molecule has 1 aromatic heterocycles. The van der Waals surface area contributed by atoms with E-state index >= 15 is 0 Å². The van der Waals surface area contributed by atoms with Crippen molar-refractivity contribution >= 4 is 29.3 Å². The predicted octanol–water partition coefficient (Wildman–Crippen LogP) is 4.58. The highest BCUT2D eigenvalue weighted by Gasteiger charge is 2.19. The first kappa shape index (κ1) is 20.7. The minimum atomic E-state index is -0.251. The molecule has 0 saturated heterocycles. The quantitative estimate of drug-likeness (QED) is 0.581. The van der Waals surface area contributed by atoms with E-state index in [0.29, 0.717) is 29.3 Å². The molecule has 1 N–H and O–H groups in total. The molecule has 6 heteroatoms. The summed E-state index contributed by atoms with van der Waals surface area (Å²) < 4.78 is 5.25. The number of hydrogen-bond acceptors (Lipinski definition) is 4. The van der Waals surface area contributed by atoms with E-state index in [1.165, 1.54) is 11.8 Å². The lowest BCUT2D eigenvalue weighted by atomic mass is 10.1. The summed E-state index contributed by atoms with van der Waals surface area (Å²) in [6.45, 7) is 4.37. The molecule has 0 aliphatic heterocycles. The minimum absolute atomic E-state index is 0.0674. The Hall–Kier alpha value is -2.99. The van der Waals surface area contributed by atoms with Crippen molar-refractivity contribution in [3.63, 3.8) is 0 Å². The van der Waals surface area contributed by atoms with Gasteiger partial charge in [0.05, 0.1) is 29.8 Å². The number of benzene rings is 2. The summed E-state index contributed by atoms with van der Waals surface area (Å²) in [5.74, 6) is 0.648. The molecular weight excluding hydrogens is 384 g/mol. The number of nitrogens with zero attached hydrogens (tertiary/aromatic N) is 1. The molecule has 0 aliphatic rings. The third-order valence-corrected chi connectivity index (χ3v) is 5.72. The Morgan fingerprint density at radius 3 is 2.62 bits per heavy atom. The molecule has 1 heterocycles.